The zero-order valence-electron chi connectivity index (χ0n) is 15.4. The molecule has 27 heavy (non-hydrogen) atoms. The fourth-order valence-electron chi connectivity index (χ4n) is 2.48. The lowest BCUT2D eigenvalue weighted by atomic mass is 10.0. The van der Waals surface area contributed by atoms with Crippen molar-refractivity contribution in [2.45, 2.75) is 27.2 Å². The number of aromatic hydroxyl groups is 1. The normalized spacial score (nSPS) is 10.8. The molecule has 0 fully saturated rings. The molecule has 0 aliphatic rings. The van der Waals surface area contributed by atoms with Gasteiger partial charge in [-0.05, 0) is 38.0 Å². The van der Waals surface area contributed by atoms with Crippen molar-refractivity contribution in [3.8, 4) is 11.5 Å². The molecule has 8 nitrogen and oxygen atoms in total. The number of nitrogens with one attached hydrogen (secondary N) is 1. The van der Waals surface area contributed by atoms with Crippen LogP contribution in [0.2, 0.25) is 0 Å². The van der Waals surface area contributed by atoms with Crippen molar-refractivity contribution in [3.63, 3.8) is 0 Å². The van der Waals surface area contributed by atoms with Gasteiger partial charge in [0.1, 0.15) is 0 Å². The molecule has 0 atom stereocenters. The number of benzene rings is 2. The number of hydrazone groups is 1. The van der Waals surface area contributed by atoms with Gasteiger partial charge < -0.3 is 9.84 Å². The standard InChI is InChI=1S/C19H21N3O5/c1-4-27-17-9-14(8-16(19(17)24)22(25)26)11-20-21-18(23)10-15-7-12(2)5-6-13(15)3/h5-9,11,24H,4,10H2,1-3H3,(H,21,23)/b20-11+. The van der Waals surface area contributed by atoms with E-state index in [2.05, 4.69) is 10.5 Å². The van der Waals surface area contributed by atoms with E-state index in [-0.39, 0.29) is 24.7 Å². The second kappa shape index (κ2) is 8.79. The molecule has 0 bridgehead atoms. The van der Waals surface area contributed by atoms with Gasteiger partial charge in [-0.25, -0.2) is 5.43 Å². The van der Waals surface area contributed by atoms with E-state index >= 15 is 0 Å². The first-order valence-electron chi connectivity index (χ1n) is 8.34. The van der Waals surface area contributed by atoms with Gasteiger partial charge in [-0.1, -0.05) is 23.8 Å². The van der Waals surface area contributed by atoms with E-state index in [0.717, 1.165) is 22.8 Å². The van der Waals surface area contributed by atoms with Crippen molar-refractivity contribution in [1.29, 1.82) is 0 Å². The molecule has 0 aromatic heterocycles. The second-order valence-electron chi connectivity index (χ2n) is 5.98. The van der Waals surface area contributed by atoms with E-state index in [1.165, 1.54) is 12.3 Å². The van der Waals surface area contributed by atoms with Crippen LogP contribution < -0.4 is 10.2 Å². The van der Waals surface area contributed by atoms with E-state index in [4.69, 9.17) is 4.74 Å². The lowest BCUT2D eigenvalue weighted by Crippen LogP contribution is -2.20. The molecule has 2 N–H and O–H groups in total. The molecule has 2 aromatic rings. The molecule has 0 radical (unpaired) electrons. The number of hydrogen-bond acceptors (Lipinski definition) is 6. The van der Waals surface area contributed by atoms with Crippen LogP contribution in [0.5, 0.6) is 11.5 Å². The van der Waals surface area contributed by atoms with E-state index < -0.39 is 16.4 Å². The predicted octanol–water partition coefficient (Wildman–Crippen LogP) is 3.01. The first-order chi connectivity index (χ1) is 12.8. The number of nitro groups is 1. The van der Waals surface area contributed by atoms with Crippen LogP contribution >= 0.6 is 0 Å². The predicted molar refractivity (Wildman–Crippen MR) is 101 cm³/mol. The molecule has 0 spiro atoms. The molecule has 2 aromatic carbocycles. The highest BCUT2D eigenvalue weighted by Gasteiger charge is 2.19. The minimum atomic E-state index is -0.714. The Labute approximate surface area is 156 Å². The number of carbonyl (C=O) groups excluding carboxylic acids is 1. The molecule has 0 saturated heterocycles. The van der Waals surface area contributed by atoms with Gasteiger partial charge in [0, 0.05) is 11.6 Å². The zero-order valence-corrected chi connectivity index (χ0v) is 15.4. The van der Waals surface area contributed by atoms with Crippen molar-refractivity contribution in [3.05, 3.63) is 62.7 Å². The van der Waals surface area contributed by atoms with Gasteiger partial charge in [0.2, 0.25) is 11.7 Å². The number of phenolic OH excluding ortho intramolecular Hbond substituents is 1. The average Bonchev–Trinajstić information content (AvgIpc) is 2.60. The maximum atomic E-state index is 12.1. The molecule has 0 saturated carbocycles. The number of amides is 1. The minimum Gasteiger partial charge on any atom is -0.500 e. The summed E-state index contributed by atoms with van der Waals surface area (Å²) in [5.74, 6) is -0.869. The molecular formula is C19H21N3O5. The molecule has 2 rings (SSSR count). The average molecular weight is 371 g/mol. The smallest absolute Gasteiger partial charge is 0.315 e. The van der Waals surface area contributed by atoms with Gasteiger partial charge in [0.25, 0.3) is 0 Å². The maximum absolute atomic E-state index is 12.1. The Hall–Kier alpha value is -3.42. The maximum Gasteiger partial charge on any atom is 0.315 e. The Morgan fingerprint density at radius 3 is 2.74 bits per heavy atom. The Bertz CT molecular complexity index is 893. The first-order valence-corrected chi connectivity index (χ1v) is 8.34. The van der Waals surface area contributed by atoms with Crippen molar-refractivity contribution in [2.24, 2.45) is 5.10 Å². The minimum absolute atomic E-state index is 0.0186. The fourth-order valence-corrected chi connectivity index (χ4v) is 2.48. The van der Waals surface area contributed by atoms with Crippen molar-refractivity contribution >= 4 is 17.8 Å². The zero-order chi connectivity index (χ0) is 20.0. The van der Waals surface area contributed by atoms with Gasteiger partial charge in [-0.2, -0.15) is 5.10 Å². The van der Waals surface area contributed by atoms with E-state index in [0.29, 0.717) is 5.56 Å². The van der Waals surface area contributed by atoms with Gasteiger partial charge in [0.15, 0.2) is 5.75 Å². The largest absolute Gasteiger partial charge is 0.500 e. The number of carbonyl (C=O) groups is 1. The van der Waals surface area contributed by atoms with Gasteiger partial charge >= 0.3 is 5.69 Å². The summed E-state index contributed by atoms with van der Waals surface area (Å²) in [6, 6.07) is 8.43. The summed E-state index contributed by atoms with van der Waals surface area (Å²) >= 11 is 0. The van der Waals surface area contributed by atoms with Crippen LogP contribution in [0.4, 0.5) is 5.69 Å². The monoisotopic (exact) mass is 371 g/mol. The van der Waals surface area contributed by atoms with E-state index in [1.54, 1.807) is 6.92 Å². The fraction of sp³-hybridized carbons (Fsp3) is 0.263. The molecule has 0 unspecified atom stereocenters. The van der Waals surface area contributed by atoms with Gasteiger partial charge in [-0.3, -0.25) is 14.9 Å². The third-order valence-corrected chi connectivity index (χ3v) is 3.83. The topological polar surface area (TPSA) is 114 Å². The summed E-state index contributed by atoms with van der Waals surface area (Å²) in [7, 11) is 0. The Kier molecular flexibility index (Phi) is 6.48. The second-order valence-corrected chi connectivity index (χ2v) is 5.98. The van der Waals surface area contributed by atoms with Crippen LogP contribution in [-0.4, -0.2) is 28.8 Å². The van der Waals surface area contributed by atoms with Crippen LogP contribution in [0.1, 0.15) is 29.2 Å². The number of phenols is 1. The molecule has 0 heterocycles. The Balaban J connectivity index is 2.12. The number of ether oxygens (including phenoxy) is 1. The lowest BCUT2D eigenvalue weighted by Gasteiger charge is -2.07. The highest BCUT2D eigenvalue weighted by Crippen LogP contribution is 2.36. The Morgan fingerprint density at radius 2 is 2.07 bits per heavy atom. The van der Waals surface area contributed by atoms with Crippen LogP contribution in [-0.2, 0) is 11.2 Å². The quantitative estimate of drug-likeness (QED) is 0.441. The lowest BCUT2D eigenvalue weighted by molar-refractivity contribution is -0.386. The number of nitro benzene ring substituents is 1. The van der Waals surface area contributed by atoms with E-state index in [1.807, 2.05) is 32.0 Å². The van der Waals surface area contributed by atoms with Crippen LogP contribution in [0.15, 0.2) is 35.4 Å². The highest BCUT2D eigenvalue weighted by molar-refractivity contribution is 5.85. The summed E-state index contributed by atoms with van der Waals surface area (Å²) in [6.07, 6.45) is 1.43. The summed E-state index contributed by atoms with van der Waals surface area (Å²) in [4.78, 5) is 22.4. The van der Waals surface area contributed by atoms with Crippen molar-refractivity contribution in [2.75, 3.05) is 6.61 Å². The number of rotatable bonds is 7. The third-order valence-electron chi connectivity index (χ3n) is 3.83. The van der Waals surface area contributed by atoms with Gasteiger partial charge in [0.05, 0.1) is 24.2 Å². The molecule has 142 valence electrons. The van der Waals surface area contributed by atoms with Gasteiger partial charge in [-0.15, -0.1) is 0 Å². The van der Waals surface area contributed by atoms with Crippen LogP contribution in [0, 0.1) is 24.0 Å². The third kappa shape index (κ3) is 5.27. The van der Waals surface area contributed by atoms with Crippen molar-refractivity contribution in [1.82, 2.24) is 5.43 Å². The van der Waals surface area contributed by atoms with Crippen LogP contribution in [0.25, 0.3) is 0 Å². The first kappa shape index (κ1) is 19.9. The van der Waals surface area contributed by atoms with Crippen LogP contribution in [0.3, 0.4) is 0 Å². The number of nitrogens with zero attached hydrogens (tertiary/aromatic N) is 2. The molecule has 0 aliphatic heterocycles. The molecule has 8 heteroatoms. The SMILES string of the molecule is CCOc1cc(/C=N/NC(=O)Cc2cc(C)ccc2C)cc([N+](=O)[O-])c1O. The molecule has 1 amide bonds. The summed E-state index contributed by atoms with van der Waals surface area (Å²) < 4.78 is 5.20. The summed E-state index contributed by atoms with van der Waals surface area (Å²) in [5.41, 5.74) is 5.19. The Morgan fingerprint density at radius 1 is 1.33 bits per heavy atom. The highest BCUT2D eigenvalue weighted by atomic mass is 16.6. The summed E-state index contributed by atoms with van der Waals surface area (Å²) in [6.45, 7) is 5.81. The molecule has 0 aliphatic carbocycles. The number of hydrogen-bond donors (Lipinski definition) is 2. The summed E-state index contributed by atoms with van der Waals surface area (Å²) in [5, 5.41) is 24.7. The van der Waals surface area contributed by atoms with E-state index in [9.17, 15) is 20.0 Å². The van der Waals surface area contributed by atoms with Crippen molar-refractivity contribution < 1.29 is 19.6 Å². The number of aryl methyl sites for hydroxylation is 2. The molecular weight excluding hydrogens is 350 g/mol.